The average Bonchev–Trinajstić information content (AvgIpc) is 2.85. The summed E-state index contributed by atoms with van der Waals surface area (Å²) < 4.78 is 20.7. The van der Waals surface area contributed by atoms with Crippen molar-refractivity contribution in [3.63, 3.8) is 0 Å². The smallest absolute Gasteiger partial charge is 0.263 e. The largest absolute Gasteiger partial charge is 0.480 e. The standard InChI is InChI=1S/C25H28FN5O4.2ClH/c26-18-3-1-16-2-6-24(34)31(20(16)11-18)10-9-30-8-7-21(32)17(14-30)12-27-13-19-4-5-22-25(28-19)29-23(33)15-35-22;;/h1-6,11,17,21,27,32H,7-10,12-15H2,(H,28,29,33);2*1H/t17-,21+;;/m0../s1. The lowest BCUT2D eigenvalue weighted by Crippen LogP contribution is -2.48. The second-order valence-corrected chi connectivity index (χ2v) is 9.06. The third kappa shape index (κ3) is 6.77. The molecule has 5 rings (SSSR count). The normalized spacial score (nSPS) is 19.2. The molecular formula is C25H30Cl2FN5O4. The van der Waals surface area contributed by atoms with Gasteiger partial charge < -0.3 is 29.9 Å². The number of likely N-dealkylation sites (tertiary alicyclic amines) is 1. The maximum atomic E-state index is 13.8. The van der Waals surface area contributed by atoms with Crippen LogP contribution in [0.15, 0.2) is 47.3 Å². The molecule has 200 valence electrons. The highest BCUT2D eigenvalue weighted by atomic mass is 35.5. The number of carbonyl (C=O) groups is 1. The Kier molecular flexibility index (Phi) is 9.86. The van der Waals surface area contributed by atoms with Crippen molar-refractivity contribution in [2.24, 2.45) is 5.92 Å². The number of carbonyl (C=O) groups excluding carboxylic acids is 1. The number of aliphatic hydroxyl groups excluding tert-OH is 1. The van der Waals surface area contributed by atoms with Gasteiger partial charge in [-0.15, -0.1) is 24.8 Å². The maximum Gasteiger partial charge on any atom is 0.263 e. The van der Waals surface area contributed by atoms with E-state index < -0.39 is 6.10 Å². The molecule has 2 aliphatic rings. The number of benzene rings is 1. The van der Waals surface area contributed by atoms with Crippen molar-refractivity contribution in [2.75, 3.05) is 38.1 Å². The minimum atomic E-state index is -0.419. The number of piperidine rings is 1. The molecule has 0 radical (unpaired) electrons. The number of nitrogens with one attached hydrogen (secondary N) is 2. The number of nitrogens with zero attached hydrogens (tertiary/aromatic N) is 3. The third-order valence-corrected chi connectivity index (χ3v) is 6.62. The predicted molar refractivity (Wildman–Crippen MR) is 143 cm³/mol. The Balaban J connectivity index is 0.00000190. The zero-order valence-electron chi connectivity index (χ0n) is 20.1. The third-order valence-electron chi connectivity index (χ3n) is 6.62. The van der Waals surface area contributed by atoms with E-state index in [-0.39, 0.29) is 54.6 Å². The van der Waals surface area contributed by atoms with E-state index in [1.165, 1.54) is 18.2 Å². The topological polar surface area (TPSA) is 109 Å². The molecule has 0 unspecified atom stereocenters. The summed E-state index contributed by atoms with van der Waals surface area (Å²) in [5.41, 5.74) is 1.20. The van der Waals surface area contributed by atoms with Crippen molar-refractivity contribution in [3.8, 4) is 5.75 Å². The molecule has 1 amide bonds. The number of hydrogen-bond donors (Lipinski definition) is 3. The molecule has 3 aromatic rings. The lowest BCUT2D eigenvalue weighted by Gasteiger charge is -2.36. The first kappa shape index (κ1) is 28.8. The number of hydrogen-bond acceptors (Lipinski definition) is 7. The average molecular weight is 554 g/mol. The molecule has 0 saturated carbocycles. The summed E-state index contributed by atoms with van der Waals surface area (Å²) in [6.45, 7) is 3.57. The van der Waals surface area contributed by atoms with Crippen LogP contribution in [0.5, 0.6) is 5.75 Å². The fraction of sp³-hybridized carbons (Fsp3) is 0.400. The van der Waals surface area contributed by atoms with E-state index in [4.69, 9.17) is 4.74 Å². The first-order valence-corrected chi connectivity index (χ1v) is 11.8. The summed E-state index contributed by atoms with van der Waals surface area (Å²) >= 11 is 0. The molecule has 37 heavy (non-hydrogen) atoms. The van der Waals surface area contributed by atoms with Crippen LogP contribution in [-0.4, -0.2) is 64.4 Å². The van der Waals surface area contributed by atoms with Gasteiger partial charge in [-0.3, -0.25) is 9.59 Å². The van der Waals surface area contributed by atoms with Crippen LogP contribution in [0.3, 0.4) is 0 Å². The van der Waals surface area contributed by atoms with Crippen LogP contribution < -0.4 is 20.9 Å². The van der Waals surface area contributed by atoms with Crippen LogP contribution in [-0.2, 0) is 17.9 Å². The molecule has 1 saturated heterocycles. The summed E-state index contributed by atoms with van der Waals surface area (Å²) in [5.74, 6) is 0.405. The molecule has 2 atom stereocenters. The molecular weight excluding hydrogens is 524 g/mol. The number of aliphatic hydroxyl groups is 1. The van der Waals surface area contributed by atoms with Crippen molar-refractivity contribution in [1.82, 2.24) is 19.8 Å². The minimum absolute atomic E-state index is 0. The van der Waals surface area contributed by atoms with Gasteiger partial charge in [-0.2, -0.15) is 0 Å². The number of halogens is 3. The van der Waals surface area contributed by atoms with Crippen LogP contribution in [0.25, 0.3) is 10.9 Å². The van der Waals surface area contributed by atoms with E-state index in [1.54, 1.807) is 22.8 Å². The molecule has 1 fully saturated rings. The zero-order valence-corrected chi connectivity index (χ0v) is 21.7. The first-order chi connectivity index (χ1) is 17.0. The fourth-order valence-corrected chi connectivity index (χ4v) is 4.72. The van der Waals surface area contributed by atoms with Crippen molar-refractivity contribution in [2.45, 2.75) is 25.6 Å². The zero-order chi connectivity index (χ0) is 24.4. The summed E-state index contributed by atoms with van der Waals surface area (Å²) in [6, 6.07) is 11.3. The lowest BCUT2D eigenvalue weighted by atomic mass is 9.94. The molecule has 0 spiro atoms. The quantitative estimate of drug-likeness (QED) is 0.411. The van der Waals surface area contributed by atoms with Gasteiger partial charge in [-0.25, -0.2) is 9.37 Å². The molecule has 0 aliphatic carbocycles. The second kappa shape index (κ2) is 12.7. The Labute approximate surface area is 225 Å². The maximum absolute atomic E-state index is 13.8. The van der Waals surface area contributed by atoms with Crippen molar-refractivity contribution in [1.29, 1.82) is 0 Å². The SMILES string of the molecule is Cl.Cl.O=C1COc2ccc(CNC[C@H]3CN(CCn4c(=O)ccc5ccc(F)cc54)CC[C@H]3O)nc2N1. The van der Waals surface area contributed by atoms with Gasteiger partial charge in [0.15, 0.2) is 18.2 Å². The van der Waals surface area contributed by atoms with Gasteiger partial charge in [0.1, 0.15) is 5.82 Å². The molecule has 2 aliphatic heterocycles. The first-order valence-electron chi connectivity index (χ1n) is 11.8. The van der Waals surface area contributed by atoms with E-state index in [0.717, 1.165) is 17.6 Å². The van der Waals surface area contributed by atoms with Crippen LogP contribution in [0.4, 0.5) is 10.2 Å². The molecule has 0 bridgehead atoms. The van der Waals surface area contributed by atoms with E-state index >= 15 is 0 Å². The van der Waals surface area contributed by atoms with Gasteiger partial charge in [-0.05, 0) is 48.2 Å². The van der Waals surface area contributed by atoms with Crippen molar-refractivity contribution < 1.29 is 19.0 Å². The number of ether oxygens (including phenoxy) is 1. The molecule has 3 N–H and O–H groups in total. The van der Waals surface area contributed by atoms with E-state index in [1.807, 2.05) is 6.07 Å². The van der Waals surface area contributed by atoms with Gasteiger partial charge in [0, 0.05) is 51.3 Å². The van der Waals surface area contributed by atoms with Crippen LogP contribution >= 0.6 is 24.8 Å². The van der Waals surface area contributed by atoms with Crippen LogP contribution in [0.2, 0.25) is 0 Å². The Bertz CT molecular complexity index is 1310. The summed E-state index contributed by atoms with van der Waals surface area (Å²) in [4.78, 5) is 30.6. The van der Waals surface area contributed by atoms with Gasteiger partial charge in [0.05, 0.1) is 17.3 Å². The van der Waals surface area contributed by atoms with Crippen molar-refractivity contribution in [3.05, 3.63) is 64.3 Å². The van der Waals surface area contributed by atoms with Gasteiger partial charge in [0.25, 0.3) is 11.5 Å². The minimum Gasteiger partial charge on any atom is -0.480 e. The fourth-order valence-electron chi connectivity index (χ4n) is 4.72. The number of amides is 1. The van der Waals surface area contributed by atoms with Crippen LogP contribution in [0.1, 0.15) is 12.1 Å². The Morgan fingerprint density at radius 3 is 2.78 bits per heavy atom. The Morgan fingerprint density at radius 1 is 1.14 bits per heavy atom. The van der Waals surface area contributed by atoms with E-state index in [9.17, 15) is 19.1 Å². The summed E-state index contributed by atoms with van der Waals surface area (Å²) in [5, 5.41) is 17.4. The summed E-state index contributed by atoms with van der Waals surface area (Å²) in [6.07, 6.45) is 0.226. The molecule has 2 aromatic heterocycles. The van der Waals surface area contributed by atoms with E-state index in [2.05, 4.69) is 20.5 Å². The number of rotatable bonds is 7. The van der Waals surface area contributed by atoms with E-state index in [0.29, 0.717) is 56.2 Å². The number of fused-ring (bicyclic) bond motifs is 2. The number of aromatic nitrogens is 2. The molecule has 4 heterocycles. The van der Waals surface area contributed by atoms with Crippen LogP contribution in [0, 0.1) is 11.7 Å². The number of pyridine rings is 2. The lowest BCUT2D eigenvalue weighted by molar-refractivity contribution is -0.118. The molecule has 12 heteroatoms. The van der Waals surface area contributed by atoms with Crippen molar-refractivity contribution >= 4 is 47.4 Å². The molecule has 9 nitrogen and oxygen atoms in total. The Morgan fingerprint density at radius 2 is 1.95 bits per heavy atom. The highest BCUT2D eigenvalue weighted by Crippen LogP contribution is 2.25. The van der Waals surface area contributed by atoms with Gasteiger partial charge in [-0.1, -0.05) is 0 Å². The Hall–Kier alpha value is -2.76. The van der Waals surface area contributed by atoms with Gasteiger partial charge in [0.2, 0.25) is 0 Å². The van der Waals surface area contributed by atoms with Gasteiger partial charge >= 0.3 is 0 Å². The highest BCUT2D eigenvalue weighted by Gasteiger charge is 2.27. The number of anilines is 1. The predicted octanol–water partition coefficient (Wildman–Crippen LogP) is 2.18. The highest BCUT2D eigenvalue weighted by molar-refractivity contribution is 5.94. The molecule has 1 aromatic carbocycles. The summed E-state index contributed by atoms with van der Waals surface area (Å²) in [7, 11) is 0. The monoisotopic (exact) mass is 553 g/mol. The second-order valence-electron chi connectivity index (χ2n) is 9.06.